The predicted molar refractivity (Wildman–Crippen MR) is 75.5 cm³/mol. The Kier molecular flexibility index (Phi) is 4.15. The third kappa shape index (κ3) is 3.15. The Hall–Kier alpha value is -2.51. The lowest BCUT2D eigenvalue weighted by Gasteiger charge is -2.08. The zero-order chi connectivity index (χ0) is 15.6. The van der Waals surface area contributed by atoms with E-state index in [1.807, 2.05) is 25.5 Å². The molecule has 0 saturated carbocycles. The summed E-state index contributed by atoms with van der Waals surface area (Å²) in [4.78, 5) is 9.92. The average molecular weight is 293 g/mol. The van der Waals surface area contributed by atoms with Crippen LogP contribution in [-0.2, 0) is 13.6 Å². The first-order chi connectivity index (χ1) is 9.90. The molecule has 112 valence electrons. The van der Waals surface area contributed by atoms with Crippen LogP contribution in [-0.4, -0.2) is 19.7 Å². The molecule has 21 heavy (non-hydrogen) atoms. The third-order valence-electron chi connectivity index (χ3n) is 3.12. The van der Waals surface area contributed by atoms with Gasteiger partial charge in [-0.05, 0) is 6.07 Å². The number of anilines is 1. The lowest BCUT2D eigenvalue weighted by molar-refractivity contribution is -0.385. The van der Waals surface area contributed by atoms with E-state index in [-0.39, 0.29) is 23.8 Å². The van der Waals surface area contributed by atoms with E-state index in [0.717, 1.165) is 11.9 Å². The first kappa shape index (κ1) is 14.9. The van der Waals surface area contributed by atoms with E-state index >= 15 is 0 Å². The molecule has 0 amide bonds. The number of rotatable bonds is 5. The van der Waals surface area contributed by atoms with Gasteiger partial charge in [0.2, 0.25) is 0 Å². The summed E-state index contributed by atoms with van der Waals surface area (Å²) in [5.74, 6) is 1.08. The minimum Gasteiger partial charge on any atom is -0.375 e. The second-order valence-electron chi connectivity index (χ2n) is 4.96. The van der Waals surface area contributed by atoms with Crippen molar-refractivity contribution in [2.75, 3.05) is 5.32 Å². The van der Waals surface area contributed by atoms with E-state index in [1.165, 1.54) is 12.1 Å². The van der Waals surface area contributed by atoms with Crippen LogP contribution < -0.4 is 5.32 Å². The number of aromatic nitrogens is 3. The SMILES string of the molecule is CC(C)c1nnc(CNc2ccc([N+](=O)[O-])cc2F)n1C. The molecule has 2 rings (SSSR count). The van der Waals surface area contributed by atoms with Gasteiger partial charge in [-0.15, -0.1) is 10.2 Å². The first-order valence-corrected chi connectivity index (χ1v) is 6.46. The van der Waals surface area contributed by atoms with Crippen LogP contribution in [0.4, 0.5) is 15.8 Å². The van der Waals surface area contributed by atoms with Gasteiger partial charge in [0.15, 0.2) is 11.6 Å². The molecule has 0 aliphatic heterocycles. The number of benzene rings is 1. The maximum atomic E-state index is 13.7. The van der Waals surface area contributed by atoms with E-state index in [1.54, 1.807) is 0 Å². The van der Waals surface area contributed by atoms with E-state index in [0.29, 0.717) is 5.82 Å². The fourth-order valence-corrected chi connectivity index (χ4v) is 1.97. The molecule has 1 aromatic carbocycles. The van der Waals surface area contributed by atoms with Gasteiger partial charge in [0.25, 0.3) is 5.69 Å². The van der Waals surface area contributed by atoms with Crippen LogP contribution in [0.3, 0.4) is 0 Å². The Labute approximate surface area is 121 Å². The van der Waals surface area contributed by atoms with Gasteiger partial charge in [-0.3, -0.25) is 10.1 Å². The van der Waals surface area contributed by atoms with Crippen molar-refractivity contribution in [1.82, 2.24) is 14.8 Å². The molecule has 1 N–H and O–H groups in total. The van der Waals surface area contributed by atoms with Gasteiger partial charge in [-0.1, -0.05) is 13.8 Å². The number of nitrogens with zero attached hydrogens (tertiary/aromatic N) is 4. The molecular weight excluding hydrogens is 277 g/mol. The summed E-state index contributed by atoms with van der Waals surface area (Å²) >= 11 is 0. The fraction of sp³-hybridized carbons (Fsp3) is 0.385. The van der Waals surface area contributed by atoms with Crippen LogP contribution in [0.5, 0.6) is 0 Å². The van der Waals surface area contributed by atoms with E-state index < -0.39 is 10.7 Å². The van der Waals surface area contributed by atoms with Crippen LogP contribution >= 0.6 is 0 Å². The second kappa shape index (κ2) is 5.86. The summed E-state index contributed by atoms with van der Waals surface area (Å²) in [5, 5.41) is 21.5. The van der Waals surface area contributed by atoms with Gasteiger partial charge < -0.3 is 9.88 Å². The van der Waals surface area contributed by atoms with Gasteiger partial charge in [0.05, 0.1) is 23.2 Å². The van der Waals surface area contributed by atoms with Crippen molar-refractivity contribution < 1.29 is 9.31 Å². The van der Waals surface area contributed by atoms with Crippen molar-refractivity contribution in [2.45, 2.75) is 26.3 Å². The van der Waals surface area contributed by atoms with Crippen LogP contribution in [0.2, 0.25) is 0 Å². The largest absolute Gasteiger partial charge is 0.375 e. The van der Waals surface area contributed by atoms with Gasteiger partial charge >= 0.3 is 0 Å². The quantitative estimate of drug-likeness (QED) is 0.676. The van der Waals surface area contributed by atoms with Crippen LogP contribution in [0.25, 0.3) is 0 Å². The van der Waals surface area contributed by atoms with E-state index in [4.69, 9.17) is 0 Å². The maximum absolute atomic E-state index is 13.7. The molecule has 0 spiro atoms. The minimum atomic E-state index is -0.671. The lowest BCUT2D eigenvalue weighted by Crippen LogP contribution is -2.09. The first-order valence-electron chi connectivity index (χ1n) is 6.46. The summed E-state index contributed by atoms with van der Waals surface area (Å²) in [5.41, 5.74) is -0.0894. The normalized spacial score (nSPS) is 10.9. The maximum Gasteiger partial charge on any atom is 0.272 e. The molecular formula is C13H16FN5O2. The molecule has 0 unspecified atom stereocenters. The Morgan fingerprint density at radius 3 is 2.67 bits per heavy atom. The number of hydrogen-bond donors (Lipinski definition) is 1. The molecule has 2 aromatic rings. The molecule has 0 bridgehead atoms. The van der Waals surface area contributed by atoms with Crippen LogP contribution in [0.1, 0.15) is 31.4 Å². The van der Waals surface area contributed by atoms with E-state index in [9.17, 15) is 14.5 Å². The number of hydrogen-bond acceptors (Lipinski definition) is 5. The molecule has 0 radical (unpaired) electrons. The standard InChI is InChI=1S/C13H16FN5O2/c1-8(2)13-17-16-12(18(13)3)7-15-11-5-4-9(19(20)21)6-10(11)14/h4-6,8,15H,7H2,1-3H3. The highest BCUT2D eigenvalue weighted by Gasteiger charge is 2.13. The summed E-state index contributed by atoms with van der Waals surface area (Å²) < 4.78 is 15.6. The zero-order valence-corrected chi connectivity index (χ0v) is 12.0. The molecule has 1 aromatic heterocycles. The van der Waals surface area contributed by atoms with Crippen molar-refractivity contribution in [1.29, 1.82) is 0 Å². The van der Waals surface area contributed by atoms with Crippen molar-refractivity contribution in [3.8, 4) is 0 Å². The number of halogens is 1. The minimum absolute atomic E-state index is 0.190. The van der Waals surface area contributed by atoms with Crippen LogP contribution in [0, 0.1) is 15.9 Å². The fourth-order valence-electron chi connectivity index (χ4n) is 1.97. The van der Waals surface area contributed by atoms with E-state index in [2.05, 4.69) is 15.5 Å². The van der Waals surface area contributed by atoms with Crippen molar-refractivity contribution >= 4 is 11.4 Å². The van der Waals surface area contributed by atoms with Gasteiger partial charge in [-0.25, -0.2) is 4.39 Å². The number of nitro benzene ring substituents is 1. The number of non-ortho nitro benzene ring substituents is 1. The van der Waals surface area contributed by atoms with Crippen molar-refractivity contribution in [3.63, 3.8) is 0 Å². The highest BCUT2D eigenvalue weighted by atomic mass is 19.1. The van der Waals surface area contributed by atoms with Gasteiger partial charge in [0.1, 0.15) is 5.82 Å². The van der Waals surface area contributed by atoms with Crippen molar-refractivity contribution in [2.24, 2.45) is 7.05 Å². The topological polar surface area (TPSA) is 85.9 Å². The highest BCUT2D eigenvalue weighted by molar-refractivity contribution is 5.50. The Morgan fingerprint density at radius 1 is 1.43 bits per heavy atom. The predicted octanol–water partition coefficient (Wildman–Crippen LogP) is 2.60. The molecule has 1 heterocycles. The number of nitro groups is 1. The molecule has 8 heteroatoms. The summed E-state index contributed by atoms with van der Waals surface area (Å²) in [6.45, 7) is 4.30. The van der Waals surface area contributed by atoms with Crippen molar-refractivity contribution in [3.05, 3.63) is 45.8 Å². The summed E-state index contributed by atoms with van der Waals surface area (Å²) in [7, 11) is 1.85. The Balaban J connectivity index is 2.12. The average Bonchev–Trinajstić information content (AvgIpc) is 2.78. The molecule has 0 aliphatic rings. The second-order valence-corrected chi connectivity index (χ2v) is 4.96. The zero-order valence-electron chi connectivity index (χ0n) is 12.0. The number of nitrogens with one attached hydrogen (secondary N) is 1. The summed E-state index contributed by atoms with van der Waals surface area (Å²) in [6, 6.07) is 3.48. The highest BCUT2D eigenvalue weighted by Crippen LogP contribution is 2.21. The van der Waals surface area contributed by atoms with Crippen LogP contribution in [0.15, 0.2) is 18.2 Å². The smallest absolute Gasteiger partial charge is 0.272 e. The molecule has 7 nitrogen and oxygen atoms in total. The summed E-state index contributed by atoms with van der Waals surface area (Å²) in [6.07, 6.45) is 0. The Morgan fingerprint density at radius 2 is 2.14 bits per heavy atom. The monoisotopic (exact) mass is 293 g/mol. The Bertz CT molecular complexity index is 669. The van der Waals surface area contributed by atoms with Gasteiger partial charge in [-0.2, -0.15) is 0 Å². The molecule has 0 fully saturated rings. The molecule has 0 aliphatic carbocycles. The third-order valence-corrected chi connectivity index (χ3v) is 3.12. The van der Waals surface area contributed by atoms with Gasteiger partial charge in [0, 0.05) is 19.0 Å². The molecule has 0 saturated heterocycles. The lowest BCUT2D eigenvalue weighted by atomic mass is 10.2. The molecule has 0 atom stereocenters.